The highest BCUT2D eigenvalue weighted by molar-refractivity contribution is 7.84. The lowest BCUT2D eigenvalue weighted by molar-refractivity contribution is 0.0924. The zero-order chi connectivity index (χ0) is 49.3. The van der Waals surface area contributed by atoms with Crippen LogP contribution in [0.2, 0.25) is 0 Å². The summed E-state index contributed by atoms with van der Waals surface area (Å²) in [6.07, 6.45) is 9.70. The maximum atomic E-state index is 13.7. The first kappa shape index (κ1) is 53.7. The van der Waals surface area contributed by atoms with Gasteiger partial charge in [-0.3, -0.25) is 4.21 Å². The second-order valence-electron chi connectivity index (χ2n) is 17.5. The van der Waals surface area contributed by atoms with E-state index in [0.717, 1.165) is 124 Å². The van der Waals surface area contributed by atoms with Crippen LogP contribution in [-0.4, -0.2) is 73.5 Å². The zero-order valence-electron chi connectivity index (χ0n) is 40.3. The lowest BCUT2D eigenvalue weighted by atomic mass is 10.0. The molecule has 15 heteroatoms. The summed E-state index contributed by atoms with van der Waals surface area (Å²) in [5.41, 5.74) is 9.39. The molecule has 0 spiro atoms. The predicted octanol–water partition coefficient (Wildman–Crippen LogP) is 12.8. The first-order chi connectivity index (χ1) is 34.7. The maximum absolute atomic E-state index is 13.7. The summed E-state index contributed by atoms with van der Waals surface area (Å²) in [6.45, 7) is 5.13. The van der Waals surface area contributed by atoms with Crippen LogP contribution in [0, 0.1) is 11.6 Å². The molecule has 2 aliphatic rings. The molecule has 8 aromatic rings. The van der Waals surface area contributed by atoms with E-state index in [2.05, 4.69) is 37.4 Å². The Morgan fingerprint density at radius 2 is 1.07 bits per heavy atom. The summed E-state index contributed by atoms with van der Waals surface area (Å²) < 4.78 is 66.7. The highest BCUT2D eigenvalue weighted by Gasteiger charge is 2.32. The largest absolute Gasteiger partial charge is 0.497 e. The van der Waals surface area contributed by atoms with E-state index in [1.807, 2.05) is 72.9 Å². The zero-order valence-corrected chi connectivity index (χ0v) is 41.1. The van der Waals surface area contributed by atoms with Crippen molar-refractivity contribution in [3.05, 3.63) is 168 Å². The van der Waals surface area contributed by atoms with Crippen LogP contribution in [0.25, 0.3) is 45.0 Å². The quantitative estimate of drug-likeness (QED) is 0.0887. The van der Waals surface area contributed by atoms with Crippen molar-refractivity contribution in [3.8, 4) is 56.5 Å². The number of aryl methyl sites for hydroxylation is 2. The Bertz CT molecular complexity index is 3070. The summed E-state index contributed by atoms with van der Waals surface area (Å²) in [4.78, 5) is 18.7. The molecule has 0 saturated heterocycles. The van der Waals surface area contributed by atoms with Crippen molar-refractivity contribution in [2.75, 3.05) is 45.6 Å². The molecule has 382 valence electrons. The van der Waals surface area contributed by atoms with Gasteiger partial charge in [-0.15, -0.1) is 0 Å². The number of hydrogen-bond acceptors (Lipinski definition) is 10. The average molecular weight is 1010 g/mol. The van der Waals surface area contributed by atoms with Gasteiger partial charge in [-0.25, -0.2) is 28.7 Å². The molecule has 2 aliphatic heterocycles. The van der Waals surface area contributed by atoms with Crippen LogP contribution in [0.1, 0.15) is 75.9 Å². The first-order valence-electron chi connectivity index (χ1n) is 23.8. The molecule has 0 radical (unpaired) electrons. The van der Waals surface area contributed by atoms with Crippen molar-refractivity contribution < 1.29 is 31.9 Å². The number of hydrogen-bond donors (Lipinski definition) is 1. The Morgan fingerprint density at radius 1 is 0.616 bits per heavy atom. The predicted molar refractivity (Wildman–Crippen MR) is 286 cm³/mol. The number of imidazole rings is 2. The monoisotopic (exact) mass is 1010 g/mol. The summed E-state index contributed by atoms with van der Waals surface area (Å²) in [7, 11) is 2.10. The minimum absolute atomic E-state index is 0. The molecule has 0 fully saturated rings. The van der Waals surface area contributed by atoms with Crippen molar-refractivity contribution >= 4 is 16.6 Å². The van der Waals surface area contributed by atoms with Crippen LogP contribution < -0.4 is 14.8 Å². The van der Waals surface area contributed by atoms with E-state index < -0.39 is 10.8 Å². The molecular weight excluding hydrogens is 945 g/mol. The van der Waals surface area contributed by atoms with Gasteiger partial charge in [-0.05, 0) is 127 Å². The molecule has 0 bridgehead atoms. The molecule has 4 aromatic carbocycles. The summed E-state index contributed by atoms with van der Waals surface area (Å²) >= 11 is 0. The Hall–Kier alpha value is -7.07. The highest BCUT2D eigenvalue weighted by atomic mass is 32.2. The van der Waals surface area contributed by atoms with Crippen LogP contribution >= 0.6 is 0 Å². The number of rotatable bonds is 18. The Morgan fingerprint density at radius 3 is 1.51 bits per heavy atom. The number of ether oxygens (including phenoxy) is 4. The average Bonchev–Trinajstić information content (AvgIpc) is 4.19. The smallest absolute Gasteiger partial charge is 0.127 e. The van der Waals surface area contributed by atoms with Crippen molar-refractivity contribution in [2.45, 2.75) is 84.2 Å². The van der Waals surface area contributed by atoms with Gasteiger partial charge in [0.05, 0.1) is 86.3 Å². The van der Waals surface area contributed by atoms with Gasteiger partial charge in [-0.2, -0.15) is 0 Å². The number of methoxy groups -OCH3 is 2. The number of aromatic nitrogens is 6. The van der Waals surface area contributed by atoms with Gasteiger partial charge in [0.2, 0.25) is 0 Å². The number of fused-ring (bicyclic) bond motifs is 2. The number of nitrogens with zero attached hydrogens (tertiary/aromatic N) is 6. The number of pyridine rings is 2. The number of benzene rings is 4. The molecule has 3 atom stereocenters. The fourth-order valence-corrected chi connectivity index (χ4v) is 9.65. The van der Waals surface area contributed by atoms with Crippen LogP contribution in [0.5, 0.6) is 11.5 Å². The van der Waals surface area contributed by atoms with E-state index in [-0.39, 0.29) is 38.6 Å². The maximum Gasteiger partial charge on any atom is 0.127 e. The van der Waals surface area contributed by atoms with Gasteiger partial charge in [0.25, 0.3) is 0 Å². The molecule has 0 aliphatic carbocycles. The lowest BCUT2D eigenvalue weighted by Gasteiger charge is -2.18. The second kappa shape index (κ2) is 25.0. The topological polar surface area (TPSA) is 127 Å². The summed E-state index contributed by atoms with van der Waals surface area (Å²) in [5.74, 6) is 3.93. The van der Waals surface area contributed by atoms with Gasteiger partial charge >= 0.3 is 0 Å². The van der Waals surface area contributed by atoms with Gasteiger partial charge < -0.3 is 33.4 Å². The normalized spacial score (nSPS) is 14.7. The second-order valence-corrected chi connectivity index (χ2v) is 18.8. The van der Waals surface area contributed by atoms with Gasteiger partial charge in [-0.1, -0.05) is 46.0 Å². The molecule has 10 rings (SSSR count). The highest BCUT2D eigenvalue weighted by Crippen LogP contribution is 2.42. The van der Waals surface area contributed by atoms with E-state index in [9.17, 15) is 13.0 Å². The van der Waals surface area contributed by atoms with Crippen LogP contribution in [0.15, 0.2) is 139 Å². The van der Waals surface area contributed by atoms with E-state index in [1.54, 1.807) is 50.9 Å². The molecule has 1 unspecified atom stereocenters. The number of halogens is 2. The Balaban J connectivity index is 0.000000208. The number of nitrogens with one attached hydrogen (secondary N) is 1. The van der Waals surface area contributed by atoms with E-state index in [1.165, 1.54) is 24.3 Å². The number of anilines is 1. The fourth-order valence-electron chi connectivity index (χ4n) is 9.14. The summed E-state index contributed by atoms with van der Waals surface area (Å²) in [6, 6.07) is 36.8. The Labute approximate surface area is 430 Å². The van der Waals surface area contributed by atoms with Gasteiger partial charge in [0.1, 0.15) is 45.6 Å². The molecule has 0 saturated carbocycles. The van der Waals surface area contributed by atoms with Gasteiger partial charge in [0, 0.05) is 60.3 Å². The van der Waals surface area contributed by atoms with Crippen molar-refractivity contribution in [1.29, 1.82) is 0 Å². The summed E-state index contributed by atoms with van der Waals surface area (Å²) in [5, 5.41) is 3.89. The molecule has 12 nitrogen and oxygen atoms in total. The van der Waals surface area contributed by atoms with Crippen molar-refractivity contribution in [2.24, 2.45) is 0 Å². The van der Waals surface area contributed by atoms with E-state index >= 15 is 0 Å². The van der Waals surface area contributed by atoms with Crippen LogP contribution in [0.4, 0.5) is 14.6 Å². The minimum Gasteiger partial charge on any atom is -0.497 e. The molecule has 73 heavy (non-hydrogen) atoms. The molecule has 4 aromatic heterocycles. The SMILES string of the molecule is C.C.CCCNc1cc(-c2c(-c3ccc(F)cc3)nc3n2[C@@H](COCc2ccc(OC)cc2)CC3)ccn1.COc1ccc(COC[C@H]2CCc3nc(-c4ccc(F)cc4)c(-c4ccnc(S(C)=O)c4)n32)cc1. The lowest BCUT2D eigenvalue weighted by Crippen LogP contribution is -2.13. The van der Waals surface area contributed by atoms with Crippen LogP contribution in [-0.2, 0) is 46.3 Å². The van der Waals surface area contributed by atoms with Gasteiger partial charge in [0.15, 0.2) is 0 Å². The molecule has 1 N–H and O–H groups in total. The van der Waals surface area contributed by atoms with Crippen LogP contribution in [0.3, 0.4) is 0 Å². The standard InChI is InChI=1S/C29H31FN4O2.C27H26FN3O3S.2CH4/c1-3-15-31-26-17-22(14-16-32-26)29-28(21-6-8-23(30)9-7-21)33-27-13-10-24(34(27)29)19-36-18-20-4-11-25(35-2)12-5-20;1-33-23-10-3-18(4-11-23)16-34-17-22-9-12-24-30-26(19-5-7-21(28)8-6-19)27(31(22)24)20-13-14-29-25(15-20)35(2)32;;/h4-9,11-12,14,16-17,24H,3,10,13,15,18-19H2,1-2H3,(H,31,32);3-8,10-11,13-15,22H,9,12,16-17H2,1-2H3;2*1H4/t24-;22-,35?;;/m11../s1. The minimum atomic E-state index is -1.21. The third-order valence-corrected chi connectivity index (χ3v) is 13.5. The van der Waals surface area contributed by atoms with Crippen molar-refractivity contribution in [1.82, 2.24) is 29.1 Å². The first-order valence-corrected chi connectivity index (χ1v) is 25.4. The van der Waals surface area contributed by atoms with E-state index in [4.69, 9.17) is 28.9 Å². The fraction of sp³-hybridized carbons (Fsp3) is 0.310. The van der Waals surface area contributed by atoms with E-state index in [0.29, 0.717) is 31.5 Å². The molecule has 0 amide bonds. The van der Waals surface area contributed by atoms with Crippen molar-refractivity contribution in [3.63, 3.8) is 0 Å². The molecular formula is C58H65F2N7O5S. The Kier molecular flexibility index (Phi) is 18.4. The molecule has 6 heterocycles. The third kappa shape index (κ3) is 12.6. The third-order valence-electron chi connectivity index (χ3n) is 12.7.